The fourth-order valence-corrected chi connectivity index (χ4v) is 5.89. The maximum Gasteiger partial charge on any atom is 0.408 e. The summed E-state index contributed by atoms with van der Waals surface area (Å²) in [5.41, 5.74) is 4.57. The van der Waals surface area contributed by atoms with E-state index in [1.54, 1.807) is 0 Å². The molecule has 8 heteroatoms. The Morgan fingerprint density at radius 3 is 2.02 bits per heavy atom. The van der Waals surface area contributed by atoms with Crippen molar-refractivity contribution >= 4 is 23.5 Å². The number of ketones is 1. The van der Waals surface area contributed by atoms with Crippen LogP contribution < -0.4 is 15.5 Å². The molecule has 0 aromatic heterocycles. The number of amides is 2. The summed E-state index contributed by atoms with van der Waals surface area (Å²) < 4.78 is 5.39. The number of ether oxygens (including phenoxy) is 1. The van der Waals surface area contributed by atoms with Crippen LogP contribution in [0.2, 0.25) is 0 Å². The number of Topliss-reactive ketones (excluding diaryl/α,β-unsaturated/α-hetero) is 1. The lowest BCUT2D eigenvalue weighted by atomic mass is 9.98. The van der Waals surface area contributed by atoms with Gasteiger partial charge in [-0.3, -0.25) is 14.5 Å². The normalized spacial score (nSPS) is 14.7. The fraction of sp³-hybridized carbons (Fsp3) is 0.447. The smallest absolute Gasteiger partial charge is 0.408 e. The van der Waals surface area contributed by atoms with Gasteiger partial charge in [0, 0.05) is 31.9 Å². The summed E-state index contributed by atoms with van der Waals surface area (Å²) in [6.07, 6.45) is 1.24. The Morgan fingerprint density at radius 2 is 1.35 bits per heavy atom. The number of rotatable bonds is 15. The number of carbonyl (C=O) groups excluding carboxylic acids is 3. The summed E-state index contributed by atoms with van der Waals surface area (Å²) in [6.45, 7) is 11.5. The van der Waals surface area contributed by atoms with Crippen molar-refractivity contribution in [1.29, 1.82) is 0 Å². The molecule has 1 aliphatic heterocycles. The van der Waals surface area contributed by atoms with Crippen LogP contribution in [0.4, 0.5) is 10.5 Å². The quantitative estimate of drug-likeness (QED) is 0.215. The molecule has 1 heterocycles. The minimum Gasteiger partial charge on any atom is -0.445 e. The second kappa shape index (κ2) is 17.5. The van der Waals surface area contributed by atoms with Crippen molar-refractivity contribution in [3.63, 3.8) is 0 Å². The van der Waals surface area contributed by atoms with Gasteiger partial charge >= 0.3 is 6.09 Å². The highest BCUT2D eigenvalue weighted by molar-refractivity contribution is 5.93. The van der Waals surface area contributed by atoms with E-state index >= 15 is 0 Å². The third-order valence-electron chi connectivity index (χ3n) is 8.25. The van der Waals surface area contributed by atoms with Gasteiger partial charge in [0.1, 0.15) is 12.6 Å². The zero-order valence-corrected chi connectivity index (χ0v) is 27.8. The predicted octanol–water partition coefficient (Wildman–Crippen LogP) is 5.99. The number of benzene rings is 3. The number of anilines is 1. The third kappa shape index (κ3) is 11.0. The van der Waals surface area contributed by atoms with E-state index in [9.17, 15) is 14.4 Å². The van der Waals surface area contributed by atoms with Crippen molar-refractivity contribution in [2.24, 2.45) is 11.8 Å². The third-order valence-corrected chi connectivity index (χ3v) is 8.25. The van der Waals surface area contributed by atoms with Crippen LogP contribution in [-0.2, 0) is 33.9 Å². The van der Waals surface area contributed by atoms with Crippen LogP contribution in [0.15, 0.2) is 84.9 Å². The molecule has 0 saturated carbocycles. The van der Waals surface area contributed by atoms with Crippen molar-refractivity contribution in [2.75, 3.05) is 31.1 Å². The molecular weight excluding hydrogens is 576 g/mol. The maximum atomic E-state index is 13.8. The second-order valence-electron chi connectivity index (χ2n) is 13.1. The van der Waals surface area contributed by atoms with Crippen molar-refractivity contribution in [3.05, 3.63) is 102 Å². The molecule has 0 unspecified atom stereocenters. The molecule has 3 aromatic carbocycles. The van der Waals surface area contributed by atoms with E-state index in [4.69, 9.17) is 4.74 Å². The minimum atomic E-state index is -0.811. The Balaban J connectivity index is 1.39. The van der Waals surface area contributed by atoms with Gasteiger partial charge in [-0.15, -0.1) is 0 Å². The van der Waals surface area contributed by atoms with Crippen LogP contribution in [0.5, 0.6) is 0 Å². The maximum absolute atomic E-state index is 13.8. The van der Waals surface area contributed by atoms with Crippen molar-refractivity contribution in [2.45, 2.75) is 72.2 Å². The van der Waals surface area contributed by atoms with Gasteiger partial charge in [0.15, 0.2) is 5.78 Å². The van der Waals surface area contributed by atoms with Crippen LogP contribution in [0.3, 0.4) is 0 Å². The Morgan fingerprint density at radius 1 is 0.739 bits per heavy atom. The highest BCUT2D eigenvalue weighted by Gasteiger charge is 2.30. The Hall–Kier alpha value is -4.17. The van der Waals surface area contributed by atoms with Crippen LogP contribution in [-0.4, -0.2) is 60.9 Å². The SMILES string of the molecule is CC(C)C[C@H](NC(=O)[C@H](CC(C)C)NC(=O)OCc1ccccc1)C(=O)CN1CCN(CCc2ccccc2)c2ccccc2C1. The molecule has 0 aliphatic carbocycles. The number of hydrogen-bond acceptors (Lipinski definition) is 6. The van der Waals surface area contributed by atoms with Gasteiger partial charge in [-0.25, -0.2) is 4.79 Å². The largest absolute Gasteiger partial charge is 0.445 e. The number of alkyl carbamates (subject to hydrolysis) is 1. The highest BCUT2D eigenvalue weighted by atomic mass is 16.5. The summed E-state index contributed by atoms with van der Waals surface area (Å²) in [5.74, 6) is -0.0451. The molecule has 0 bridgehead atoms. The van der Waals surface area contributed by atoms with Crippen molar-refractivity contribution < 1.29 is 19.1 Å². The fourth-order valence-electron chi connectivity index (χ4n) is 5.89. The molecular formula is C38H50N4O4. The molecule has 0 spiro atoms. The number of fused-ring (bicyclic) bond motifs is 1. The monoisotopic (exact) mass is 626 g/mol. The highest BCUT2D eigenvalue weighted by Crippen LogP contribution is 2.25. The molecule has 0 saturated heterocycles. The molecule has 246 valence electrons. The Kier molecular flexibility index (Phi) is 13.2. The van der Waals surface area contributed by atoms with E-state index in [1.165, 1.54) is 16.8 Å². The lowest BCUT2D eigenvalue weighted by Gasteiger charge is -2.27. The van der Waals surface area contributed by atoms with Gasteiger partial charge in [-0.1, -0.05) is 107 Å². The van der Waals surface area contributed by atoms with Crippen LogP contribution in [0.1, 0.15) is 57.2 Å². The first-order chi connectivity index (χ1) is 22.2. The molecule has 0 fully saturated rings. The lowest BCUT2D eigenvalue weighted by Crippen LogP contribution is -2.53. The van der Waals surface area contributed by atoms with Gasteiger partial charge in [-0.05, 0) is 53.9 Å². The van der Waals surface area contributed by atoms with Crippen molar-refractivity contribution in [3.8, 4) is 0 Å². The first kappa shape index (κ1) is 34.7. The number of carbonyl (C=O) groups is 3. The summed E-state index contributed by atoms with van der Waals surface area (Å²) in [5, 5.41) is 5.75. The summed E-state index contributed by atoms with van der Waals surface area (Å²) >= 11 is 0. The lowest BCUT2D eigenvalue weighted by molar-refractivity contribution is -0.130. The van der Waals surface area contributed by atoms with Gasteiger partial charge in [0.2, 0.25) is 5.91 Å². The van der Waals surface area contributed by atoms with Gasteiger partial charge in [0.05, 0.1) is 12.6 Å². The van der Waals surface area contributed by atoms with Crippen LogP contribution in [0, 0.1) is 11.8 Å². The number of para-hydroxylation sites is 1. The summed E-state index contributed by atoms with van der Waals surface area (Å²) in [4.78, 5) is 44.7. The summed E-state index contributed by atoms with van der Waals surface area (Å²) in [7, 11) is 0. The zero-order chi connectivity index (χ0) is 32.9. The first-order valence-corrected chi connectivity index (χ1v) is 16.6. The Labute approximate surface area is 274 Å². The number of nitrogens with one attached hydrogen (secondary N) is 2. The van der Waals surface area contributed by atoms with Crippen LogP contribution >= 0.6 is 0 Å². The molecule has 2 N–H and O–H groups in total. The average molecular weight is 627 g/mol. The number of nitrogens with zero attached hydrogens (tertiary/aromatic N) is 2. The minimum absolute atomic E-state index is 0.0211. The first-order valence-electron chi connectivity index (χ1n) is 16.6. The van der Waals surface area contributed by atoms with E-state index in [0.717, 1.165) is 31.6 Å². The molecule has 2 amide bonds. The van der Waals surface area contributed by atoms with Gasteiger partial charge < -0.3 is 20.3 Å². The van der Waals surface area contributed by atoms with E-state index in [-0.39, 0.29) is 36.7 Å². The molecule has 4 rings (SSSR count). The zero-order valence-electron chi connectivity index (χ0n) is 27.8. The average Bonchev–Trinajstić information content (AvgIpc) is 3.21. The van der Waals surface area contributed by atoms with Gasteiger partial charge in [0.25, 0.3) is 0 Å². The van der Waals surface area contributed by atoms with E-state index in [2.05, 4.69) is 62.9 Å². The van der Waals surface area contributed by atoms with Crippen LogP contribution in [0.25, 0.3) is 0 Å². The molecule has 2 atom stereocenters. The van der Waals surface area contributed by atoms with E-state index in [1.807, 2.05) is 70.2 Å². The molecule has 1 aliphatic rings. The Bertz CT molecular complexity index is 1400. The standard InChI is InChI=1S/C38H50N4O4/c1-28(2)23-33(39-37(44)34(24-29(3)4)40-38(45)46-27-31-15-9-6-10-16-31)36(43)26-41-21-22-42(20-19-30-13-7-5-8-14-30)35-18-12-11-17-32(35)25-41/h5-18,28-29,33-34H,19-27H2,1-4H3,(H,39,44)(H,40,45)/t33-,34-/m0/s1. The topological polar surface area (TPSA) is 91.0 Å². The van der Waals surface area contributed by atoms with E-state index < -0.39 is 18.2 Å². The summed E-state index contributed by atoms with van der Waals surface area (Å²) in [6, 6.07) is 26.9. The number of hydrogen-bond donors (Lipinski definition) is 2. The second-order valence-corrected chi connectivity index (χ2v) is 13.1. The predicted molar refractivity (Wildman–Crippen MR) is 183 cm³/mol. The molecule has 46 heavy (non-hydrogen) atoms. The molecule has 8 nitrogen and oxygen atoms in total. The van der Waals surface area contributed by atoms with Crippen molar-refractivity contribution in [1.82, 2.24) is 15.5 Å². The molecule has 3 aromatic rings. The van der Waals surface area contributed by atoms with Gasteiger partial charge in [-0.2, -0.15) is 0 Å². The molecule has 0 radical (unpaired) electrons. The van der Waals surface area contributed by atoms with E-state index in [0.29, 0.717) is 19.4 Å².